The Hall–Kier alpha value is 0.828. The van der Waals surface area contributed by atoms with Crippen molar-refractivity contribution in [2.45, 2.75) is 6.92 Å². The summed E-state index contributed by atoms with van der Waals surface area (Å²) in [6.07, 6.45) is 0. The fraction of sp³-hybridized carbons (Fsp3) is 1.00. The van der Waals surface area contributed by atoms with Crippen LogP contribution in [0.1, 0.15) is 6.92 Å². The predicted molar refractivity (Wildman–Crippen MR) is 34.6 cm³/mol. The third-order valence-electron chi connectivity index (χ3n) is 0.319. The van der Waals surface area contributed by atoms with Gasteiger partial charge in [0.25, 0.3) is 0 Å². The van der Waals surface area contributed by atoms with Gasteiger partial charge in [-0.3, -0.25) is 0 Å². The summed E-state index contributed by atoms with van der Waals surface area (Å²) in [6.45, 7) is 2.82. The normalized spacial score (nSPS) is 10.3. The van der Waals surface area contributed by atoms with Crippen molar-refractivity contribution in [1.29, 1.82) is 0 Å². The molecule has 0 N–H and O–H groups in total. The lowest BCUT2D eigenvalue weighted by Gasteiger charge is -1.96. The molecule has 0 atom stereocenters. The predicted octanol–water partition coefficient (Wildman–Crippen LogP) is -1.04. The van der Waals surface area contributed by atoms with Crippen LogP contribution in [0.2, 0.25) is 0 Å². The Morgan fingerprint density at radius 2 is 2.29 bits per heavy atom. The first-order valence-corrected chi connectivity index (χ1v) is 8.36. The Morgan fingerprint density at radius 3 is 2.43 bits per heavy atom. The monoisotopic (exact) mass is 157 g/mol. The van der Waals surface area contributed by atoms with E-state index in [2.05, 4.69) is 19.5 Å². The summed E-state index contributed by atoms with van der Waals surface area (Å²) in [5.74, 6) is 0. The van der Waals surface area contributed by atoms with Gasteiger partial charge in [0.15, 0.2) is 0 Å². The van der Waals surface area contributed by atoms with Gasteiger partial charge < -0.3 is 4.43 Å². The molecular weight excluding hydrogens is 152 g/mol. The summed E-state index contributed by atoms with van der Waals surface area (Å²) >= 11 is 0. The highest BCUT2D eigenvalue weighted by Crippen LogP contribution is 1.67. The third kappa shape index (κ3) is 6.83. The van der Waals surface area contributed by atoms with Gasteiger partial charge in [-0.2, -0.15) is 0 Å². The Balaban J connectivity index is 2.68. The minimum absolute atomic E-state index is 0.481. The fourth-order valence-corrected chi connectivity index (χ4v) is 2.60. The van der Waals surface area contributed by atoms with Gasteiger partial charge in [0.2, 0.25) is 9.28 Å². The molecule has 0 aliphatic rings. The molecule has 0 saturated heterocycles. The highest BCUT2D eigenvalue weighted by molar-refractivity contribution is 7.52. The minimum Gasteiger partial charge on any atom is -0.422 e. The van der Waals surface area contributed by atoms with Crippen molar-refractivity contribution in [3.05, 3.63) is 0 Å². The van der Waals surface area contributed by atoms with Crippen LogP contribution >= 0.6 is 0 Å². The molecule has 9 radical (unpaired) electrons. The molecule has 0 saturated carbocycles. The van der Waals surface area contributed by atoms with Gasteiger partial charge in [-0.05, 0) is 6.92 Å². The second-order valence-electron chi connectivity index (χ2n) is 0.910. The van der Waals surface area contributed by atoms with E-state index in [-0.39, 0.29) is 0 Å². The van der Waals surface area contributed by atoms with Crippen molar-refractivity contribution in [3.8, 4) is 0 Å². The summed E-state index contributed by atoms with van der Waals surface area (Å²) in [4.78, 5) is 0. The second-order valence-corrected chi connectivity index (χ2v) is 11.8. The lowest BCUT2D eigenvalue weighted by atomic mass is 10.9. The van der Waals surface area contributed by atoms with Crippen LogP contribution in [0.4, 0.5) is 0 Å². The van der Waals surface area contributed by atoms with Gasteiger partial charge in [-0.15, -0.1) is 0 Å². The van der Waals surface area contributed by atoms with E-state index >= 15 is 0 Å². The summed E-state index contributed by atoms with van der Waals surface area (Å²) < 4.78 is 5.07. The molecule has 1 nitrogen and oxygen atoms in total. The van der Waals surface area contributed by atoms with Crippen LogP contribution in [0.25, 0.3) is 0 Å². The molecule has 0 aromatic carbocycles. The third-order valence-corrected chi connectivity index (χ3v) is 3.84. The first kappa shape index (κ1) is 7.83. The molecule has 0 amide bonds. The molecule has 0 heterocycles. The highest BCUT2D eigenvalue weighted by Gasteiger charge is 1.95. The summed E-state index contributed by atoms with van der Waals surface area (Å²) in [7, 11) is 6.98. The van der Waals surface area contributed by atoms with Crippen molar-refractivity contribution in [2.24, 2.45) is 0 Å². The van der Waals surface area contributed by atoms with Crippen molar-refractivity contribution < 1.29 is 4.43 Å². The van der Waals surface area contributed by atoms with Crippen molar-refractivity contribution in [2.75, 3.05) is 6.61 Å². The molecular formula is C2H5OSi4. The van der Waals surface area contributed by atoms with Gasteiger partial charge >= 0.3 is 0 Å². The highest BCUT2D eigenvalue weighted by atomic mass is 29.8. The van der Waals surface area contributed by atoms with Gasteiger partial charge in [-0.1, -0.05) is 0 Å². The molecule has 7 heavy (non-hydrogen) atoms. The number of hydrogen-bond donors (Lipinski definition) is 0. The van der Waals surface area contributed by atoms with Crippen LogP contribution in [0.15, 0.2) is 0 Å². The first-order chi connectivity index (χ1) is 3.27. The topological polar surface area (TPSA) is 9.23 Å². The molecule has 35 valence electrons. The Morgan fingerprint density at radius 1 is 1.71 bits per heavy atom. The van der Waals surface area contributed by atoms with Crippen LogP contribution in [0.3, 0.4) is 0 Å². The molecule has 0 aliphatic carbocycles. The molecule has 0 unspecified atom stereocenters. The Labute approximate surface area is 54.6 Å². The molecule has 0 spiro atoms. The maximum Gasteiger partial charge on any atom is 0.201 e. The SMILES string of the molecule is CCO[Si][Si]([Si])[Si]. The van der Waals surface area contributed by atoms with Crippen LogP contribution in [-0.4, -0.2) is 42.8 Å². The largest absolute Gasteiger partial charge is 0.422 e. The zero-order valence-corrected chi connectivity index (χ0v) is 8.12. The molecule has 0 aromatic heterocycles. The maximum atomic E-state index is 5.07. The smallest absolute Gasteiger partial charge is 0.201 e. The fourth-order valence-electron chi connectivity index (χ4n) is 0.144. The second kappa shape index (κ2) is 4.97. The van der Waals surface area contributed by atoms with Crippen LogP contribution in [0, 0.1) is 0 Å². The van der Waals surface area contributed by atoms with E-state index in [1.54, 1.807) is 0 Å². The number of rotatable bonds is 3. The van der Waals surface area contributed by atoms with Gasteiger partial charge in [-0.25, -0.2) is 0 Å². The van der Waals surface area contributed by atoms with E-state index < -0.39 is 7.35 Å². The Bertz CT molecular complexity index is 38.7. The average molecular weight is 157 g/mol. The first-order valence-electron chi connectivity index (χ1n) is 1.95. The maximum absolute atomic E-state index is 5.07. The summed E-state index contributed by atoms with van der Waals surface area (Å²) in [6, 6.07) is 0. The van der Waals surface area contributed by atoms with Gasteiger partial charge in [0.1, 0.15) is 0 Å². The van der Waals surface area contributed by atoms with E-state index in [9.17, 15) is 0 Å². The minimum atomic E-state index is -0.481. The van der Waals surface area contributed by atoms with E-state index in [0.29, 0.717) is 9.28 Å². The van der Waals surface area contributed by atoms with E-state index in [1.165, 1.54) is 0 Å². The van der Waals surface area contributed by atoms with Crippen LogP contribution in [0.5, 0.6) is 0 Å². The standard InChI is InChI=1S/C2H5OSi4/c1-2-3-6-7(4)5/h2H2,1H3. The van der Waals surface area contributed by atoms with Crippen molar-refractivity contribution >= 4 is 36.1 Å². The van der Waals surface area contributed by atoms with E-state index in [4.69, 9.17) is 4.43 Å². The zero-order valence-electron chi connectivity index (χ0n) is 4.12. The molecule has 0 bridgehead atoms. The molecule has 0 aliphatic heterocycles. The summed E-state index contributed by atoms with van der Waals surface area (Å²) in [5, 5.41) is 0. The zero-order chi connectivity index (χ0) is 5.70. The van der Waals surface area contributed by atoms with Crippen molar-refractivity contribution in [3.63, 3.8) is 0 Å². The molecule has 5 heteroatoms. The lowest BCUT2D eigenvalue weighted by molar-refractivity contribution is 0.370. The lowest BCUT2D eigenvalue weighted by Crippen LogP contribution is -2.25. The average Bonchev–Trinajstić information content (AvgIpc) is 1.61. The van der Waals surface area contributed by atoms with E-state index in [0.717, 1.165) is 6.61 Å². The number of hydrogen-bond acceptors (Lipinski definition) is 1. The van der Waals surface area contributed by atoms with Crippen LogP contribution < -0.4 is 0 Å². The molecule has 0 fully saturated rings. The Kier molecular flexibility index (Phi) is 5.56. The molecule has 0 aromatic rings. The quantitative estimate of drug-likeness (QED) is 0.476. The van der Waals surface area contributed by atoms with Gasteiger partial charge in [0.05, 0.1) is 0 Å². The molecule has 0 rings (SSSR count). The summed E-state index contributed by atoms with van der Waals surface area (Å²) in [5.41, 5.74) is 0. The van der Waals surface area contributed by atoms with E-state index in [1.807, 2.05) is 6.92 Å². The van der Waals surface area contributed by atoms with Gasteiger partial charge in [0, 0.05) is 33.5 Å². The van der Waals surface area contributed by atoms with Crippen molar-refractivity contribution in [1.82, 2.24) is 0 Å². The van der Waals surface area contributed by atoms with Crippen LogP contribution in [-0.2, 0) is 4.43 Å².